The molecule has 3 heteroatoms. The number of aliphatic hydroxyl groups excluding tert-OH is 1. The van der Waals surface area contributed by atoms with Crippen molar-refractivity contribution in [3.8, 4) is 0 Å². The van der Waals surface area contributed by atoms with Gasteiger partial charge in [-0.25, -0.2) is 0 Å². The van der Waals surface area contributed by atoms with Crippen LogP contribution in [-0.2, 0) is 0 Å². The maximum atomic E-state index is 9.59. The molecule has 0 aliphatic carbocycles. The number of anilines is 1. The second-order valence-electron chi connectivity index (χ2n) is 5.12. The summed E-state index contributed by atoms with van der Waals surface area (Å²) in [6, 6.07) is 8.53. The van der Waals surface area contributed by atoms with Gasteiger partial charge in [0.05, 0.1) is 6.10 Å². The van der Waals surface area contributed by atoms with Crippen molar-refractivity contribution in [1.29, 1.82) is 0 Å². The highest BCUT2D eigenvalue weighted by atomic mass is 16.3. The number of aliphatic hydroxyl groups is 1. The van der Waals surface area contributed by atoms with Crippen molar-refractivity contribution >= 4 is 5.69 Å². The van der Waals surface area contributed by atoms with E-state index in [9.17, 15) is 5.11 Å². The van der Waals surface area contributed by atoms with Gasteiger partial charge in [0, 0.05) is 30.7 Å². The Bertz CT molecular complexity index is 359. The molecule has 0 radical (unpaired) electrons. The average Bonchev–Trinajstić information content (AvgIpc) is 2.78. The lowest BCUT2D eigenvalue weighted by Gasteiger charge is -2.20. The van der Waals surface area contributed by atoms with E-state index in [0.717, 1.165) is 19.5 Å². The summed E-state index contributed by atoms with van der Waals surface area (Å²) in [5.74, 6) is 0.406. The molecular weight excluding hydrogens is 212 g/mol. The molecule has 0 saturated carbocycles. The van der Waals surface area contributed by atoms with Crippen LogP contribution in [0.25, 0.3) is 0 Å². The number of hydrogen-bond donors (Lipinski definition) is 2. The van der Waals surface area contributed by atoms with Crippen molar-refractivity contribution in [2.24, 2.45) is 11.7 Å². The Kier molecular flexibility index (Phi) is 3.69. The smallest absolute Gasteiger partial charge is 0.0557 e. The minimum Gasteiger partial charge on any atom is -0.393 e. The van der Waals surface area contributed by atoms with E-state index in [1.165, 1.54) is 11.3 Å². The quantitative estimate of drug-likeness (QED) is 0.840. The van der Waals surface area contributed by atoms with E-state index in [2.05, 4.69) is 29.2 Å². The molecule has 3 atom stereocenters. The van der Waals surface area contributed by atoms with Gasteiger partial charge in [-0.1, -0.05) is 12.1 Å². The Balaban J connectivity index is 2.04. The highest BCUT2D eigenvalue weighted by Crippen LogP contribution is 2.26. The van der Waals surface area contributed by atoms with Gasteiger partial charge in [0.1, 0.15) is 0 Å². The van der Waals surface area contributed by atoms with Gasteiger partial charge in [-0.15, -0.1) is 0 Å². The van der Waals surface area contributed by atoms with Gasteiger partial charge in [-0.05, 0) is 38.0 Å². The number of nitrogens with zero attached hydrogens (tertiary/aromatic N) is 1. The Hall–Kier alpha value is -1.06. The fraction of sp³-hybridized carbons (Fsp3) is 0.571. The number of hydrogen-bond acceptors (Lipinski definition) is 3. The zero-order valence-electron chi connectivity index (χ0n) is 10.6. The molecule has 17 heavy (non-hydrogen) atoms. The first-order valence-corrected chi connectivity index (χ1v) is 6.36. The first-order valence-electron chi connectivity index (χ1n) is 6.36. The molecule has 1 fully saturated rings. The van der Waals surface area contributed by atoms with Gasteiger partial charge in [-0.2, -0.15) is 0 Å². The topological polar surface area (TPSA) is 49.5 Å². The zero-order valence-corrected chi connectivity index (χ0v) is 10.6. The fourth-order valence-corrected chi connectivity index (χ4v) is 2.40. The van der Waals surface area contributed by atoms with Crippen LogP contribution < -0.4 is 10.6 Å². The van der Waals surface area contributed by atoms with Crippen LogP contribution in [-0.4, -0.2) is 24.3 Å². The third kappa shape index (κ3) is 2.79. The van der Waals surface area contributed by atoms with Crippen molar-refractivity contribution in [3.05, 3.63) is 29.8 Å². The van der Waals surface area contributed by atoms with Crippen LogP contribution in [0.1, 0.15) is 31.9 Å². The molecule has 1 aliphatic rings. The first kappa shape index (κ1) is 12.4. The predicted octanol–water partition coefficient (Wildman–Crippen LogP) is 1.91. The molecule has 0 spiro atoms. The second kappa shape index (κ2) is 5.07. The molecule has 94 valence electrons. The molecule has 3 unspecified atom stereocenters. The van der Waals surface area contributed by atoms with E-state index in [0.29, 0.717) is 5.92 Å². The third-order valence-corrected chi connectivity index (χ3v) is 3.69. The summed E-state index contributed by atoms with van der Waals surface area (Å²) in [5, 5.41) is 9.59. The van der Waals surface area contributed by atoms with E-state index in [4.69, 9.17) is 5.73 Å². The molecule has 1 heterocycles. The maximum absolute atomic E-state index is 9.59. The first-order chi connectivity index (χ1) is 8.08. The van der Waals surface area contributed by atoms with Crippen LogP contribution in [0.15, 0.2) is 24.3 Å². The standard InChI is InChI=1S/C14H22N2O/c1-10(15)12-3-5-14(6-4-12)16-8-7-13(9-16)11(2)17/h3-6,10-11,13,17H,7-9,15H2,1-2H3. The average molecular weight is 234 g/mol. The van der Waals surface area contributed by atoms with Crippen LogP contribution in [0, 0.1) is 5.92 Å². The van der Waals surface area contributed by atoms with Crippen LogP contribution >= 0.6 is 0 Å². The molecule has 0 amide bonds. The second-order valence-corrected chi connectivity index (χ2v) is 5.12. The van der Waals surface area contributed by atoms with E-state index in [1.807, 2.05) is 13.8 Å². The molecular formula is C14H22N2O. The van der Waals surface area contributed by atoms with Crippen LogP contribution in [0.5, 0.6) is 0 Å². The van der Waals surface area contributed by atoms with Crippen LogP contribution in [0.2, 0.25) is 0 Å². The Morgan fingerprint density at radius 1 is 1.29 bits per heavy atom. The van der Waals surface area contributed by atoms with Gasteiger partial charge in [0.2, 0.25) is 0 Å². The van der Waals surface area contributed by atoms with Crippen molar-refractivity contribution < 1.29 is 5.11 Å². The van der Waals surface area contributed by atoms with Crippen LogP contribution in [0.4, 0.5) is 5.69 Å². The molecule has 3 N–H and O–H groups in total. The van der Waals surface area contributed by atoms with E-state index < -0.39 is 0 Å². The largest absolute Gasteiger partial charge is 0.393 e. The predicted molar refractivity (Wildman–Crippen MR) is 71.0 cm³/mol. The lowest BCUT2D eigenvalue weighted by molar-refractivity contribution is 0.136. The number of nitrogens with two attached hydrogens (primary N) is 1. The maximum Gasteiger partial charge on any atom is 0.0557 e. The van der Waals surface area contributed by atoms with E-state index in [-0.39, 0.29) is 12.1 Å². The van der Waals surface area contributed by atoms with E-state index in [1.54, 1.807) is 0 Å². The number of rotatable bonds is 3. The summed E-state index contributed by atoms with van der Waals surface area (Å²) < 4.78 is 0. The van der Waals surface area contributed by atoms with Gasteiger partial charge < -0.3 is 15.7 Å². The minimum atomic E-state index is -0.205. The lowest BCUT2D eigenvalue weighted by atomic mass is 10.0. The van der Waals surface area contributed by atoms with Crippen molar-refractivity contribution in [1.82, 2.24) is 0 Å². The van der Waals surface area contributed by atoms with Gasteiger partial charge in [0.15, 0.2) is 0 Å². The van der Waals surface area contributed by atoms with Crippen molar-refractivity contribution in [2.45, 2.75) is 32.4 Å². The summed E-state index contributed by atoms with van der Waals surface area (Å²) in [7, 11) is 0. The third-order valence-electron chi connectivity index (χ3n) is 3.69. The zero-order chi connectivity index (χ0) is 12.4. The van der Waals surface area contributed by atoms with Gasteiger partial charge in [-0.3, -0.25) is 0 Å². The minimum absolute atomic E-state index is 0.0906. The summed E-state index contributed by atoms with van der Waals surface area (Å²) in [6.45, 7) is 5.87. The number of benzene rings is 1. The molecule has 1 saturated heterocycles. The molecule has 1 aromatic carbocycles. The lowest BCUT2D eigenvalue weighted by Crippen LogP contribution is -2.23. The molecule has 0 bridgehead atoms. The Labute approximate surface area is 103 Å². The van der Waals surface area contributed by atoms with Crippen LogP contribution in [0.3, 0.4) is 0 Å². The Morgan fingerprint density at radius 2 is 1.94 bits per heavy atom. The SMILES string of the molecule is CC(N)c1ccc(N2CCC(C(C)O)C2)cc1. The van der Waals surface area contributed by atoms with Gasteiger partial charge >= 0.3 is 0 Å². The molecule has 3 nitrogen and oxygen atoms in total. The fourth-order valence-electron chi connectivity index (χ4n) is 2.40. The normalized spacial score (nSPS) is 23.8. The van der Waals surface area contributed by atoms with E-state index >= 15 is 0 Å². The summed E-state index contributed by atoms with van der Waals surface area (Å²) in [6.07, 6.45) is 0.871. The molecule has 2 rings (SSSR count). The molecule has 1 aliphatic heterocycles. The highest BCUT2D eigenvalue weighted by molar-refractivity contribution is 5.49. The summed E-state index contributed by atoms with van der Waals surface area (Å²) >= 11 is 0. The molecule has 1 aromatic rings. The van der Waals surface area contributed by atoms with Crippen molar-refractivity contribution in [2.75, 3.05) is 18.0 Å². The summed E-state index contributed by atoms with van der Waals surface area (Å²) in [4.78, 5) is 2.34. The molecule has 0 aromatic heterocycles. The highest BCUT2D eigenvalue weighted by Gasteiger charge is 2.25. The Morgan fingerprint density at radius 3 is 2.41 bits per heavy atom. The monoisotopic (exact) mass is 234 g/mol. The van der Waals surface area contributed by atoms with Crippen molar-refractivity contribution in [3.63, 3.8) is 0 Å². The summed E-state index contributed by atoms with van der Waals surface area (Å²) in [5.41, 5.74) is 8.23. The van der Waals surface area contributed by atoms with Gasteiger partial charge in [0.25, 0.3) is 0 Å².